The Morgan fingerprint density at radius 1 is 1.23 bits per heavy atom. The van der Waals surface area contributed by atoms with Gasteiger partial charge in [-0.2, -0.15) is 0 Å². The summed E-state index contributed by atoms with van der Waals surface area (Å²) in [6, 6.07) is 4.18. The maximum absolute atomic E-state index is 13.5. The van der Waals surface area contributed by atoms with Crippen molar-refractivity contribution in [1.29, 1.82) is 0 Å². The maximum atomic E-state index is 13.5. The molecule has 1 amide bonds. The molecule has 0 bridgehead atoms. The number of benzene rings is 1. The van der Waals surface area contributed by atoms with E-state index in [-0.39, 0.29) is 6.09 Å². The molecule has 0 saturated heterocycles. The average Bonchev–Trinajstić information content (AvgIpc) is 2.73. The van der Waals surface area contributed by atoms with Crippen LogP contribution in [0.1, 0.15) is 38.8 Å². The number of carbonyl (C=O) groups excluding carboxylic acids is 1. The molecular formula is C20H29FN2O3. The van der Waals surface area contributed by atoms with Crippen molar-refractivity contribution in [2.24, 2.45) is 0 Å². The first-order valence-corrected chi connectivity index (χ1v) is 9.38. The molecular weight excluding hydrogens is 335 g/mol. The zero-order chi connectivity index (χ0) is 18.9. The van der Waals surface area contributed by atoms with Crippen molar-refractivity contribution in [3.8, 4) is 5.75 Å². The number of anilines is 1. The van der Waals surface area contributed by atoms with Crippen LogP contribution < -0.4 is 9.64 Å². The fraction of sp³-hybridized carbons (Fsp3) is 0.650. The fourth-order valence-corrected chi connectivity index (χ4v) is 3.49. The predicted molar refractivity (Wildman–Crippen MR) is 99.9 cm³/mol. The highest BCUT2D eigenvalue weighted by Crippen LogP contribution is 2.36. The quantitative estimate of drug-likeness (QED) is 0.804. The van der Waals surface area contributed by atoms with Gasteiger partial charge in [0.2, 0.25) is 0 Å². The fourth-order valence-electron chi connectivity index (χ4n) is 3.49. The first-order valence-electron chi connectivity index (χ1n) is 9.38. The van der Waals surface area contributed by atoms with Crippen LogP contribution in [0.3, 0.4) is 0 Å². The summed E-state index contributed by atoms with van der Waals surface area (Å²) in [7, 11) is 0. The number of alkyl halides is 1. The second-order valence-corrected chi connectivity index (χ2v) is 8.13. The summed E-state index contributed by atoms with van der Waals surface area (Å²) in [6.07, 6.45) is 0.382. The topological polar surface area (TPSA) is 42.0 Å². The average molecular weight is 364 g/mol. The molecule has 1 atom stereocenters. The molecule has 1 aromatic carbocycles. The van der Waals surface area contributed by atoms with Crippen molar-refractivity contribution in [3.63, 3.8) is 0 Å². The second kappa shape index (κ2) is 7.33. The number of amides is 1. The van der Waals surface area contributed by atoms with Crippen LogP contribution in [0.5, 0.6) is 5.75 Å². The Hall–Kier alpha value is -1.98. The Kier molecular flexibility index (Phi) is 5.30. The van der Waals surface area contributed by atoms with Crippen LogP contribution in [0, 0.1) is 0 Å². The number of hydrogen-bond acceptors (Lipinski definition) is 4. The van der Waals surface area contributed by atoms with E-state index in [0.717, 1.165) is 24.3 Å². The minimum Gasteiger partial charge on any atom is -0.490 e. The van der Waals surface area contributed by atoms with Crippen molar-refractivity contribution < 1.29 is 18.7 Å². The first kappa shape index (κ1) is 18.8. The van der Waals surface area contributed by atoms with Crippen LogP contribution in [-0.4, -0.2) is 55.6 Å². The van der Waals surface area contributed by atoms with E-state index in [0.29, 0.717) is 32.8 Å². The number of halogens is 1. The zero-order valence-electron chi connectivity index (χ0n) is 16.2. The summed E-state index contributed by atoms with van der Waals surface area (Å²) in [4.78, 5) is 16.2. The Morgan fingerprint density at radius 2 is 1.88 bits per heavy atom. The molecule has 0 spiro atoms. The molecule has 0 aromatic heterocycles. The summed E-state index contributed by atoms with van der Waals surface area (Å²) in [6.45, 7) is 10.1. The molecule has 0 unspecified atom stereocenters. The molecule has 5 nitrogen and oxygen atoms in total. The van der Waals surface area contributed by atoms with E-state index >= 15 is 0 Å². The van der Waals surface area contributed by atoms with E-state index in [1.807, 2.05) is 20.8 Å². The van der Waals surface area contributed by atoms with Gasteiger partial charge < -0.3 is 19.3 Å². The highest BCUT2D eigenvalue weighted by molar-refractivity contribution is 5.69. The van der Waals surface area contributed by atoms with Crippen molar-refractivity contribution >= 4 is 11.8 Å². The highest BCUT2D eigenvalue weighted by Gasteiger charge is 2.27. The van der Waals surface area contributed by atoms with Gasteiger partial charge in [0.1, 0.15) is 24.1 Å². The number of nitrogens with zero attached hydrogens (tertiary/aromatic N) is 2. The van der Waals surface area contributed by atoms with Crippen molar-refractivity contribution in [1.82, 2.24) is 4.90 Å². The second-order valence-electron chi connectivity index (χ2n) is 8.13. The van der Waals surface area contributed by atoms with Crippen LogP contribution in [0.2, 0.25) is 0 Å². The lowest BCUT2D eigenvalue weighted by molar-refractivity contribution is 0.0258. The van der Waals surface area contributed by atoms with Gasteiger partial charge in [-0.15, -0.1) is 0 Å². The minimum absolute atomic E-state index is 0.265. The lowest BCUT2D eigenvalue weighted by atomic mass is 10.0. The third-order valence-electron chi connectivity index (χ3n) is 4.67. The van der Waals surface area contributed by atoms with Gasteiger partial charge in [-0.1, -0.05) is 0 Å². The van der Waals surface area contributed by atoms with Crippen LogP contribution in [0.25, 0.3) is 0 Å². The smallest absolute Gasteiger partial charge is 0.410 e. The SMILES string of the molecule is C[C@@H](F)CN1CCOc2cc3c(cc21)CCN(C(=O)OC(C)(C)C)CC3. The van der Waals surface area contributed by atoms with E-state index < -0.39 is 11.8 Å². The first-order chi connectivity index (χ1) is 12.2. The summed E-state index contributed by atoms with van der Waals surface area (Å²) in [5.74, 6) is 0.821. The molecule has 0 N–H and O–H groups in total. The van der Waals surface area contributed by atoms with E-state index in [2.05, 4.69) is 17.0 Å². The van der Waals surface area contributed by atoms with Gasteiger partial charge >= 0.3 is 6.09 Å². The van der Waals surface area contributed by atoms with Crippen molar-refractivity contribution in [3.05, 3.63) is 23.3 Å². The van der Waals surface area contributed by atoms with Crippen molar-refractivity contribution in [2.75, 3.05) is 37.7 Å². The van der Waals surface area contributed by atoms with Gasteiger partial charge in [0, 0.05) is 19.6 Å². The molecule has 2 heterocycles. The van der Waals surface area contributed by atoms with Crippen LogP contribution in [0.15, 0.2) is 12.1 Å². The Morgan fingerprint density at radius 3 is 2.50 bits per heavy atom. The van der Waals surface area contributed by atoms with Crippen LogP contribution in [0.4, 0.5) is 14.9 Å². The van der Waals surface area contributed by atoms with Crippen LogP contribution in [-0.2, 0) is 17.6 Å². The molecule has 2 aliphatic heterocycles. The molecule has 26 heavy (non-hydrogen) atoms. The third kappa shape index (κ3) is 4.40. The maximum Gasteiger partial charge on any atom is 0.410 e. The molecule has 6 heteroatoms. The van der Waals surface area contributed by atoms with Gasteiger partial charge in [-0.25, -0.2) is 9.18 Å². The van der Waals surface area contributed by atoms with Gasteiger partial charge in [-0.3, -0.25) is 0 Å². The Bertz CT molecular complexity index is 670. The molecule has 0 radical (unpaired) electrons. The monoisotopic (exact) mass is 364 g/mol. The summed E-state index contributed by atoms with van der Waals surface area (Å²) >= 11 is 0. The Labute approximate surface area is 155 Å². The summed E-state index contributed by atoms with van der Waals surface area (Å²) in [5, 5.41) is 0. The summed E-state index contributed by atoms with van der Waals surface area (Å²) in [5.41, 5.74) is 2.87. The van der Waals surface area contributed by atoms with Gasteiger partial charge in [0.05, 0.1) is 12.2 Å². The molecule has 3 rings (SSSR count). The van der Waals surface area contributed by atoms with Gasteiger partial charge in [0.25, 0.3) is 0 Å². The molecule has 0 fully saturated rings. The lowest BCUT2D eigenvalue weighted by Gasteiger charge is -2.32. The molecule has 0 saturated carbocycles. The third-order valence-corrected chi connectivity index (χ3v) is 4.67. The molecule has 2 aliphatic rings. The largest absolute Gasteiger partial charge is 0.490 e. The van der Waals surface area contributed by atoms with Gasteiger partial charge in [0.15, 0.2) is 0 Å². The Balaban J connectivity index is 1.77. The number of hydrogen-bond donors (Lipinski definition) is 0. The predicted octanol–water partition coefficient (Wildman–Crippen LogP) is 3.58. The molecule has 1 aromatic rings. The number of rotatable bonds is 2. The number of fused-ring (bicyclic) bond motifs is 2. The molecule has 144 valence electrons. The van der Waals surface area contributed by atoms with Crippen LogP contribution >= 0.6 is 0 Å². The number of carbonyl (C=O) groups is 1. The number of ether oxygens (including phenoxy) is 2. The summed E-state index contributed by atoms with van der Waals surface area (Å²) < 4.78 is 24.8. The highest BCUT2D eigenvalue weighted by atomic mass is 19.1. The van der Waals surface area contributed by atoms with Gasteiger partial charge in [-0.05, 0) is 63.8 Å². The zero-order valence-corrected chi connectivity index (χ0v) is 16.2. The normalized spacial score (nSPS) is 18.3. The van der Waals surface area contributed by atoms with Crippen molar-refractivity contribution in [2.45, 2.75) is 52.3 Å². The van der Waals surface area contributed by atoms with E-state index in [1.54, 1.807) is 11.8 Å². The van der Waals surface area contributed by atoms with E-state index in [4.69, 9.17) is 9.47 Å². The van der Waals surface area contributed by atoms with E-state index in [1.165, 1.54) is 11.1 Å². The molecule has 0 aliphatic carbocycles. The minimum atomic E-state index is -0.887. The standard InChI is InChI=1S/C20H29FN2O3/c1-14(21)13-23-9-10-25-18-12-16-6-8-22(19(24)26-20(2,3)4)7-5-15(16)11-17(18)23/h11-12,14H,5-10,13H2,1-4H3/t14-/m1/s1. The lowest BCUT2D eigenvalue weighted by Crippen LogP contribution is -2.38. The van der Waals surface area contributed by atoms with E-state index in [9.17, 15) is 9.18 Å².